The molecule has 1 aliphatic heterocycles. The van der Waals surface area contributed by atoms with Crippen LogP contribution < -0.4 is 10.2 Å². The topological polar surface area (TPSA) is 154 Å². The van der Waals surface area contributed by atoms with E-state index < -0.39 is 29.0 Å². The molecule has 5 N–H and O–H groups in total. The highest BCUT2D eigenvalue weighted by molar-refractivity contribution is 6.09. The maximum absolute atomic E-state index is 14.0. The number of phenolic OH excluding ortho intramolecular Hbond substituents is 3. The molecule has 4 aromatic rings. The molecular weight excluding hydrogens is 504 g/mol. The van der Waals surface area contributed by atoms with Gasteiger partial charge in [0.15, 0.2) is 17.1 Å². The summed E-state index contributed by atoms with van der Waals surface area (Å²) in [5, 5.41) is 54.8. The molecule has 0 aliphatic carbocycles. The highest BCUT2D eigenvalue weighted by Gasteiger charge is 2.45. The number of furan rings is 1. The van der Waals surface area contributed by atoms with E-state index in [4.69, 9.17) is 13.6 Å². The van der Waals surface area contributed by atoms with Crippen LogP contribution in [0.15, 0.2) is 43.0 Å². The van der Waals surface area contributed by atoms with Gasteiger partial charge in [-0.15, -0.1) is 0 Å². The van der Waals surface area contributed by atoms with E-state index in [0.29, 0.717) is 5.56 Å². The number of hydrogen-bond donors (Lipinski definition) is 5. The smallest absolute Gasteiger partial charge is 0.302 e. The van der Waals surface area contributed by atoms with Crippen LogP contribution in [0, 0.1) is 0 Å². The van der Waals surface area contributed by atoms with Gasteiger partial charge in [0, 0.05) is 16.5 Å². The first-order chi connectivity index (χ1) is 18.2. The van der Waals surface area contributed by atoms with Gasteiger partial charge in [-0.3, -0.25) is 4.79 Å². The van der Waals surface area contributed by atoms with Crippen molar-refractivity contribution < 1.29 is 39.1 Å². The summed E-state index contributed by atoms with van der Waals surface area (Å²) < 4.78 is 17.8. The Hall–Kier alpha value is -3.95. The molecule has 3 heterocycles. The van der Waals surface area contributed by atoms with Gasteiger partial charge in [0.05, 0.1) is 5.56 Å². The molecule has 9 nitrogen and oxygen atoms in total. The number of fused-ring (bicyclic) bond motifs is 6. The summed E-state index contributed by atoms with van der Waals surface area (Å²) in [6, 6.07) is 1.27. The summed E-state index contributed by atoms with van der Waals surface area (Å²) in [5.74, 6) is -1.25. The predicted molar refractivity (Wildman–Crippen MR) is 147 cm³/mol. The maximum Gasteiger partial charge on any atom is 0.302 e. The first-order valence-corrected chi connectivity index (χ1v) is 12.7. The average molecular weight is 537 g/mol. The normalized spacial score (nSPS) is 18.3. The van der Waals surface area contributed by atoms with Crippen LogP contribution >= 0.6 is 0 Å². The van der Waals surface area contributed by atoms with Crippen molar-refractivity contribution in [1.82, 2.24) is 0 Å². The Morgan fingerprint density at radius 2 is 1.49 bits per heavy atom. The molecule has 0 spiro atoms. The molecule has 1 aliphatic rings. The molecular formula is C30H32O9. The zero-order chi connectivity index (χ0) is 28.5. The van der Waals surface area contributed by atoms with Crippen molar-refractivity contribution in [2.45, 2.75) is 72.2 Å². The maximum atomic E-state index is 14.0. The summed E-state index contributed by atoms with van der Waals surface area (Å²) in [6.07, 6.45) is 1.25. The first kappa shape index (κ1) is 26.6. The zero-order valence-corrected chi connectivity index (χ0v) is 22.7. The van der Waals surface area contributed by atoms with Crippen LogP contribution in [0.2, 0.25) is 0 Å². The number of aromatic hydroxyl groups is 3. The lowest BCUT2D eigenvalue weighted by molar-refractivity contribution is -0.112. The predicted octanol–water partition coefficient (Wildman–Crippen LogP) is 5.39. The van der Waals surface area contributed by atoms with Crippen LogP contribution in [0.1, 0.15) is 64.3 Å². The van der Waals surface area contributed by atoms with E-state index in [9.17, 15) is 30.3 Å². The zero-order valence-electron chi connectivity index (χ0n) is 22.7. The van der Waals surface area contributed by atoms with Crippen molar-refractivity contribution in [3.63, 3.8) is 0 Å². The standard InChI is InChI=1S/C30H32O9/c1-12(2)7-9-14-21(32)15(10-8-13(3)4)25-19(22(14)33)23(34)18-16-11-17(31)27-20(26(16)38-29(18)37-25)24(35)28(36)30(5,6)39-27/h7-8,11,24,28,31-33,35-36H,9-10H2,1-6H3/t24-,28+/m0/s1. The highest BCUT2D eigenvalue weighted by atomic mass is 16.5. The molecule has 2 atom stereocenters. The van der Waals surface area contributed by atoms with Gasteiger partial charge in [-0.25, -0.2) is 0 Å². The number of allylic oxidation sites excluding steroid dienone is 4. The molecule has 0 saturated heterocycles. The largest absolute Gasteiger partial charge is 0.507 e. The lowest BCUT2D eigenvalue weighted by atomic mass is 9.87. The molecule has 9 heteroatoms. The van der Waals surface area contributed by atoms with Crippen molar-refractivity contribution in [3.8, 4) is 23.0 Å². The second-order valence-corrected chi connectivity index (χ2v) is 11.1. The summed E-state index contributed by atoms with van der Waals surface area (Å²) >= 11 is 0. The van der Waals surface area contributed by atoms with Crippen LogP contribution in [0.25, 0.3) is 33.1 Å². The van der Waals surface area contributed by atoms with E-state index in [-0.39, 0.29) is 74.3 Å². The molecule has 0 radical (unpaired) electrons. The van der Waals surface area contributed by atoms with Gasteiger partial charge in [-0.05, 0) is 60.5 Å². The number of benzene rings is 2. The van der Waals surface area contributed by atoms with Crippen molar-refractivity contribution in [2.24, 2.45) is 0 Å². The van der Waals surface area contributed by atoms with Gasteiger partial charge < -0.3 is 39.1 Å². The Morgan fingerprint density at radius 3 is 2.10 bits per heavy atom. The van der Waals surface area contributed by atoms with Gasteiger partial charge in [-0.1, -0.05) is 23.3 Å². The van der Waals surface area contributed by atoms with Gasteiger partial charge in [0.1, 0.15) is 45.7 Å². The fourth-order valence-corrected chi connectivity index (χ4v) is 5.07. The first-order valence-electron chi connectivity index (χ1n) is 12.7. The minimum Gasteiger partial charge on any atom is -0.507 e. The highest BCUT2D eigenvalue weighted by Crippen LogP contribution is 2.50. The third kappa shape index (κ3) is 4.04. The Morgan fingerprint density at radius 1 is 0.897 bits per heavy atom. The van der Waals surface area contributed by atoms with Crippen molar-refractivity contribution >= 4 is 33.1 Å². The monoisotopic (exact) mass is 536 g/mol. The van der Waals surface area contributed by atoms with Crippen molar-refractivity contribution in [3.05, 3.63) is 56.3 Å². The minimum absolute atomic E-state index is 0.00432. The van der Waals surface area contributed by atoms with Crippen LogP contribution in [0.5, 0.6) is 23.0 Å². The molecule has 0 saturated carbocycles. The number of aliphatic hydroxyl groups excluding tert-OH is 2. The molecule has 2 aromatic heterocycles. The molecule has 206 valence electrons. The summed E-state index contributed by atoms with van der Waals surface area (Å²) in [4.78, 5) is 14.0. The molecule has 0 bridgehead atoms. The van der Waals surface area contributed by atoms with Crippen LogP contribution in [-0.2, 0) is 12.8 Å². The number of hydrogen-bond acceptors (Lipinski definition) is 9. The molecule has 39 heavy (non-hydrogen) atoms. The van der Waals surface area contributed by atoms with E-state index >= 15 is 0 Å². The lowest BCUT2D eigenvalue weighted by Crippen LogP contribution is -2.48. The van der Waals surface area contributed by atoms with Crippen molar-refractivity contribution in [1.29, 1.82) is 0 Å². The van der Waals surface area contributed by atoms with E-state index in [0.717, 1.165) is 11.1 Å². The minimum atomic E-state index is -1.50. The fraction of sp³-hybridized carbons (Fsp3) is 0.367. The van der Waals surface area contributed by atoms with E-state index in [2.05, 4.69) is 0 Å². The summed E-state index contributed by atoms with van der Waals surface area (Å²) in [6.45, 7) is 10.7. The fourth-order valence-electron chi connectivity index (χ4n) is 5.07. The van der Waals surface area contributed by atoms with E-state index in [1.54, 1.807) is 13.8 Å². The molecule has 5 rings (SSSR count). The van der Waals surface area contributed by atoms with Gasteiger partial charge >= 0.3 is 5.78 Å². The Labute approximate surface area is 223 Å². The van der Waals surface area contributed by atoms with Gasteiger partial charge in [0.2, 0.25) is 5.43 Å². The Balaban J connectivity index is 1.92. The van der Waals surface area contributed by atoms with E-state index in [1.165, 1.54) is 6.07 Å². The van der Waals surface area contributed by atoms with Gasteiger partial charge in [-0.2, -0.15) is 0 Å². The van der Waals surface area contributed by atoms with Crippen LogP contribution in [-0.4, -0.2) is 37.2 Å². The number of phenols is 3. The number of aliphatic hydroxyl groups is 2. The third-order valence-electron chi connectivity index (χ3n) is 7.26. The lowest BCUT2D eigenvalue weighted by Gasteiger charge is -2.39. The van der Waals surface area contributed by atoms with Gasteiger partial charge in [0.25, 0.3) is 0 Å². The summed E-state index contributed by atoms with van der Waals surface area (Å²) in [5.41, 5.74) is 0.545. The molecule has 0 unspecified atom stereocenters. The second-order valence-electron chi connectivity index (χ2n) is 11.1. The van der Waals surface area contributed by atoms with Crippen molar-refractivity contribution in [2.75, 3.05) is 0 Å². The third-order valence-corrected chi connectivity index (χ3v) is 7.26. The number of ether oxygens (including phenoxy) is 1. The molecule has 0 fully saturated rings. The second kappa shape index (κ2) is 9.07. The van der Waals surface area contributed by atoms with Crippen LogP contribution in [0.4, 0.5) is 0 Å². The average Bonchev–Trinajstić information content (AvgIpc) is 3.20. The van der Waals surface area contributed by atoms with Crippen LogP contribution in [0.3, 0.4) is 0 Å². The SMILES string of the molecule is CC(C)=CCc1c(O)c(CC=C(C)C)c2oc3oc4c5c(c(O)cc4c3c(=O)c2c1O)OC(C)(C)[C@H](O)[C@H]5O. The molecule has 2 aromatic carbocycles. The quantitative estimate of drug-likeness (QED) is 0.216. The Bertz CT molecular complexity index is 1770. The molecule has 0 amide bonds. The summed E-state index contributed by atoms with van der Waals surface area (Å²) in [7, 11) is 0. The van der Waals surface area contributed by atoms with E-state index in [1.807, 2.05) is 39.8 Å². The Kier molecular flexibility index (Phi) is 6.19. The number of rotatable bonds is 4.